The largest absolute Gasteiger partial charge is 0.325 e. The summed E-state index contributed by atoms with van der Waals surface area (Å²) in [4.78, 5) is 11.9. The van der Waals surface area contributed by atoms with Crippen LogP contribution in [0.15, 0.2) is 48.5 Å². The van der Waals surface area contributed by atoms with E-state index in [9.17, 15) is 9.18 Å². The summed E-state index contributed by atoms with van der Waals surface area (Å²) in [5.74, 6) is -0.604. The molecule has 0 unspecified atom stereocenters. The van der Waals surface area contributed by atoms with Crippen molar-refractivity contribution in [2.45, 2.75) is 12.3 Å². The van der Waals surface area contributed by atoms with Gasteiger partial charge in [-0.15, -0.1) is 0 Å². The molecule has 3 heteroatoms. The smallest absolute Gasteiger partial charge is 0.232 e. The maximum absolute atomic E-state index is 13.6. The van der Waals surface area contributed by atoms with E-state index in [4.69, 9.17) is 0 Å². The molecular formula is C15H12FNO. The van der Waals surface area contributed by atoms with Gasteiger partial charge in [0.25, 0.3) is 0 Å². The Bertz CT molecular complexity index is 609. The highest BCUT2D eigenvalue weighted by Gasteiger charge is 2.30. The second-order valence-electron chi connectivity index (χ2n) is 4.42. The van der Waals surface area contributed by atoms with E-state index in [1.165, 1.54) is 6.07 Å². The van der Waals surface area contributed by atoms with E-state index in [0.717, 1.165) is 11.3 Å². The molecule has 1 N–H and O–H groups in total. The number of carbonyl (C=O) groups excluding carboxylic acids is 1. The van der Waals surface area contributed by atoms with Gasteiger partial charge in [0.15, 0.2) is 0 Å². The summed E-state index contributed by atoms with van der Waals surface area (Å²) in [6, 6.07) is 14.2. The Morgan fingerprint density at radius 3 is 2.61 bits per heavy atom. The van der Waals surface area contributed by atoms with E-state index in [-0.39, 0.29) is 17.6 Å². The van der Waals surface area contributed by atoms with Crippen LogP contribution in [-0.2, 0) is 11.2 Å². The van der Waals surface area contributed by atoms with Gasteiger partial charge in [-0.05, 0) is 29.7 Å². The number of nitrogens with one attached hydrogen (secondary N) is 1. The predicted octanol–water partition coefficient (Wildman–Crippen LogP) is 3.10. The van der Waals surface area contributed by atoms with E-state index in [1.807, 2.05) is 24.3 Å². The zero-order valence-corrected chi connectivity index (χ0v) is 9.69. The van der Waals surface area contributed by atoms with Crippen LogP contribution < -0.4 is 5.32 Å². The highest BCUT2D eigenvalue weighted by molar-refractivity contribution is 6.03. The fraction of sp³-hybridized carbons (Fsp3) is 0.133. The Kier molecular flexibility index (Phi) is 2.59. The van der Waals surface area contributed by atoms with Gasteiger partial charge in [0.2, 0.25) is 5.91 Å². The molecule has 0 fully saturated rings. The van der Waals surface area contributed by atoms with Gasteiger partial charge in [0.05, 0.1) is 5.92 Å². The molecule has 0 saturated carbocycles. The zero-order chi connectivity index (χ0) is 12.5. The van der Waals surface area contributed by atoms with E-state index in [0.29, 0.717) is 12.0 Å². The van der Waals surface area contributed by atoms with Gasteiger partial charge in [-0.25, -0.2) is 4.39 Å². The van der Waals surface area contributed by atoms with Crippen LogP contribution in [0.25, 0.3) is 0 Å². The molecule has 0 spiro atoms. The Morgan fingerprint density at radius 2 is 1.78 bits per heavy atom. The second kappa shape index (κ2) is 4.26. The van der Waals surface area contributed by atoms with Gasteiger partial charge in [0, 0.05) is 5.69 Å². The number of para-hydroxylation sites is 1. The van der Waals surface area contributed by atoms with E-state index in [2.05, 4.69) is 5.32 Å². The molecule has 0 saturated heterocycles. The number of halogens is 1. The lowest BCUT2D eigenvalue weighted by Crippen LogP contribution is -2.14. The molecule has 3 rings (SSSR count). The number of amides is 1. The van der Waals surface area contributed by atoms with Gasteiger partial charge in [0.1, 0.15) is 5.82 Å². The average molecular weight is 241 g/mol. The summed E-state index contributed by atoms with van der Waals surface area (Å²) in [5, 5.41) is 2.83. The first-order chi connectivity index (χ1) is 8.75. The topological polar surface area (TPSA) is 29.1 Å². The molecule has 90 valence electrons. The molecular weight excluding hydrogens is 229 g/mol. The number of fused-ring (bicyclic) bond motifs is 1. The lowest BCUT2D eigenvalue weighted by Gasteiger charge is -2.09. The number of anilines is 1. The lowest BCUT2D eigenvalue weighted by atomic mass is 9.93. The molecule has 1 heterocycles. The Hall–Kier alpha value is -2.16. The van der Waals surface area contributed by atoms with Crippen LogP contribution in [0, 0.1) is 5.82 Å². The Labute approximate surface area is 104 Å². The summed E-state index contributed by atoms with van der Waals surface area (Å²) < 4.78 is 13.6. The van der Waals surface area contributed by atoms with Crippen LogP contribution >= 0.6 is 0 Å². The third-order valence-electron chi connectivity index (χ3n) is 3.29. The quantitative estimate of drug-likeness (QED) is 0.860. The fourth-order valence-electron chi connectivity index (χ4n) is 2.36. The van der Waals surface area contributed by atoms with Crippen molar-refractivity contribution in [3.8, 4) is 0 Å². The maximum atomic E-state index is 13.6. The maximum Gasteiger partial charge on any atom is 0.232 e. The Balaban J connectivity index is 1.94. The predicted molar refractivity (Wildman–Crippen MR) is 67.9 cm³/mol. The molecule has 0 bridgehead atoms. The average Bonchev–Trinajstić information content (AvgIpc) is 2.69. The first-order valence-corrected chi connectivity index (χ1v) is 5.89. The number of benzene rings is 2. The SMILES string of the molecule is O=C1Nc2ccccc2[C@@H]1Cc1ccccc1F. The first kappa shape index (κ1) is 11.0. The number of hydrogen-bond acceptors (Lipinski definition) is 1. The summed E-state index contributed by atoms with van der Waals surface area (Å²) in [6.45, 7) is 0. The minimum Gasteiger partial charge on any atom is -0.325 e. The van der Waals surface area contributed by atoms with Crippen molar-refractivity contribution in [3.63, 3.8) is 0 Å². The van der Waals surface area contributed by atoms with Gasteiger partial charge < -0.3 is 5.32 Å². The molecule has 2 aromatic rings. The van der Waals surface area contributed by atoms with Crippen LogP contribution in [0.4, 0.5) is 10.1 Å². The number of rotatable bonds is 2. The van der Waals surface area contributed by atoms with Crippen molar-refractivity contribution in [1.29, 1.82) is 0 Å². The summed E-state index contributed by atoms with van der Waals surface area (Å²) in [5.41, 5.74) is 2.36. The monoisotopic (exact) mass is 241 g/mol. The lowest BCUT2D eigenvalue weighted by molar-refractivity contribution is -0.117. The van der Waals surface area contributed by atoms with Crippen LogP contribution in [0.5, 0.6) is 0 Å². The first-order valence-electron chi connectivity index (χ1n) is 5.89. The van der Waals surface area contributed by atoms with Gasteiger partial charge in [-0.2, -0.15) is 0 Å². The van der Waals surface area contributed by atoms with Crippen LogP contribution in [0.2, 0.25) is 0 Å². The molecule has 0 aliphatic carbocycles. The van der Waals surface area contributed by atoms with Crippen LogP contribution in [0.1, 0.15) is 17.0 Å². The van der Waals surface area contributed by atoms with Gasteiger partial charge >= 0.3 is 0 Å². The van der Waals surface area contributed by atoms with Crippen molar-refractivity contribution >= 4 is 11.6 Å². The third kappa shape index (κ3) is 1.78. The van der Waals surface area contributed by atoms with Gasteiger partial charge in [-0.3, -0.25) is 4.79 Å². The van der Waals surface area contributed by atoms with Gasteiger partial charge in [-0.1, -0.05) is 36.4 Å². The van der Waals surface area contributed by atoms with Crippen molar-refractivity contribution < 1.29 is 9.18 Å². The molecule has 1 amide bonds. The molecule has 18 heavy (non-hydrogen) atoms. The minimum atomic E-state index is -0.293. The molecule has 1 aliphatic rings. The summed E-state index contributed by atoms with van der Waals surface area (Å²) in [6.07, 6.45) is 0.398. The minimum absolute atomic E-state index is 0.0561. The molecule has 2 aromatic carbocycles. The molecule has 1 atom stereocenters. The highest BCUT2D eigenvalue weighted by Crippen LogP contribution is 2.34. The fourth-order valence-corrected chi connectivity index (χ4v) is 2.36. The van der Waals surface area contributed by atoms with Crippen LogP contribution in [-0.4, -0.2) is 5.91 Å². The van der Waals surface area contributed by atoms with Crippen molar-refractivity contribution in [1.82, 2.24) is 0 Å². The molecule has 2 nitrogen and oxygen atoms in total. The standard InChI is InChI=1S/C15H12FNO/c16-13-7-3-1-5-10(13)9-12-11-6-2-4-8-14(11)17-15(12)18/h1-8,12H,9H2,(H,17,18)/t12-/m0/s1. The third-order valence-corrected chi connectivity index (χ3v) is 3.29. The van der Waals surface area contributed by atoms with E-state index >= 15 is 0 Å². The Morgan fingerprint density at radius 1 is 1.06 bits per heavy atom. The normalized spacial score (nSPS) is 17.4. The van der Waals surface area contributed by atoms with Crippen molar-refractivity contribution in [2.24, 2.45) is 0 Å². The van der Waals surface area contributed by atoms with E-state index < -0.39 is 0 Å². The van der Waals surface area contributed by atoms with E-state index in [1.54, 1.807) is 18.2 Å². The highest BCUT2D eigenvalue weighted by atomic mass is 19.1. The second-order valence-corrected chi connectivity index (χ2v) is 4.42. The number of carbonyl (C=O) groups is 1. The van der Waals surface area contributed by atoms with Crippen molar-refractivity contribution in [3.05, 3.63) is 65.5 Å². The molecule has 1 aliphatic heterocycles. The number of hydrogen-bond donors (Lipinski definition) is 1. The zero-order valence-electron chi connectivity index (χ0n) is 9.69. The molecule has 0 radical (unpaired) electrons. The van der Waals surface area contributed by atoms with Crippen molar-refractivity contribution in [2.75, 3.05) is 5.32 Å². The van der Waals surface area contributed by atoms with Crippen LogP contribution in [0.3, 0.4) is 0 Å². The molecule has 0 aromatic heterocycles. The summed E-state index contributed by atoms with van der Waals surface area (Å²) in [7, 11) is 0. The summed E-state index contributed by atoms with van der Waals surface area (Å²) >= 11 is 0.